The van der Waals surface area contributed by atoms with Crippen LogP contribution in [0, 0.1) is 0 Å². The van der Waals surface area contributed by atoms with Gasteiger partial charge in [0.1, 0.15) is 5.02 Å². The summed E-state index contributed by atoms with van der Waals surface area (Å²) in [6.07, 6.45) is 0. The molecule has 1 aromatic heterocycles. The molecule has 0 spiro atoms. The highest BCUT2D eigenvalue weighted by atomic mass is 35.5. The van der Waals surface area contributed by atoms with Gasteiger partial charge in [0.05, 0.1) is 17.6 Å². The smallest absolute Gasteiger partial charge is 0.234 e. The summed E-state index contributed by atoms with van der Waals surface area (Å²) >= 11 is 12.0. The first-order valence-corrected chi connectivity index (χ1v) is 4.77. The van der Waals surface area contributed by atoms with E-state index in [9.17, 15) is 0 Å². The summed E-state index contributed by atoms with van der Waals surface area (Å²) in [5, 5.41) is 1.67. The Hall–Kier alpha value is -0.990. The van der Waals surface area contributed by atoms with Crippen molar-refractivity contribution in [3.63, 3.8) is 0 Å². The molecule has 1 heterocycles. The first-order valence-electron chi connectivity index (χ1n) is 4.01. The number of nitrogens with zero attached hydrogens (tertiary/aromatic N) is 1. The van der Waals surface area contributed by atoms with E-state index < -0.39 is 0 Å². The topological polar surface area (TPSA) is 22.1 Å². The zero-order valence-electron chi connectivity index (χ0n) is 7.42. The number of pyridine rings is 1. The summed E-state index contributed by atoms with van der Waals surface area (Å²) in [7, 11) is 1.51. The van der Waals surface area contributed by atoms with Crippen LogP contribution < -0.4 is 4.74 Å². The van der Waals surface area contributed by atoms with Gasteiger partial charge in [-0.3, -0.25) is 0 Å². The van der Waals surface area contributed by atoms with Crippen LogP contribution in [0.4, 0.5) is 0 Å². The molecule has 2 nitrogen and oxygen atoms in total. The van der Waals surface area contributed by atoms with Crippen molar-refractivity contribution in [1.82, 2.24) is 4.98 Å². The number of rotatable bonds is 1. The molecule has 4 heteroatoms. The molecule has 2 aromatic rings. The highest BCUT2D eigenvalue weighted by Crippen LogP contribution is 2.35. The van der Waals surface area contributed by atoms with Crippen LogP contribution in [0.5, 0.6) is 5.88 Å². The zero-order chi connectivity index (χ0) is 10.1. The molecule has 0 saturated carbocycles. The maximum atomic E-state index is 6.06. The lowest BCUT2D eigenvalue weighted by atomic mass is 10.2. The van der Waals surface area contributed by atoms with E-state index in [4.69, 9.17) is 27.9 Å². The Balaban J connectivity index is 2.85. The second kappa shape index (κ2) is 3.64. The maximum absolute atomic E-state index is 6.06. The molecule has 0 aliphatic rings. The van der Waals surface area contributed by atoms with Crippen molar-refractivity contribution in [3.05, 3.63) is 34.3 Å². The monoisotopic (exact) mass is 227 g/mol. The van der Waals surface area contributed by atoms with Crippen LogP contribution in [-0.2, 0) is 0 Å². The molecule has 0 unspecified atom stereocenters. The molecule has 0 aliphatic carbocycles. The molecule has 0 bridgehead atoms. The quantitative estimate of drug-likeness (QED) is 0.744. The van der Waals surface area contributed by atoms with Gasteiger partial charge in [0, 0.05) is 5.39 Å². The Morgan fingerprint density at radius 3 is 2.57 bits per heavy atom. The molecule has 0 amide bonds. The Kier molecular flexibility index (Phi) is 2.48. The Bertz CT molecular complexity index is 485. The van der Waals surface area contributed by atoms with Crippen LogP contribution in [0.3, 0.4) is 0 Å². The fraction of sp³-hybridized carbons (Fsp3) is 0.100. The average molecular weight is 228 g/mol. The number of halogens is 2. The van der Waals surface area contributed by atoms with Crippen LogP contribution in [0.15, 0.2) is 24.3 Å². The van der Waals surface area contributed by atoms with Crippen molar-refractivity contribution in [2.75, 3.05) is 7.11 Å². The van der Waals surface area contributed by atoms with E-state index in [1.54, 1.807) is 0 Å². The molecule has 0 N–H and O–H groups in total. The molecular formula is C10H7Cl2NO. The van der Waals surface area contributed by atoms with Crippen LogP contribution in [-0.4, -0.2) is 12.1 Å². The van der Waals surface area contributed by atoms with Gasteiger partial charge in [-0.2, -0.15) is 0 Å². The standard InChI is InChI=1S/C10H7Cl2NO/c1-14-10-9(12)8(11)6-4-2-3-5-7(6)13-10/h2-5H,1H3. The Morgan fingerprint density at radius 2 is 1.86 bits per heavy atom. The Morgan fingerprint density at radius 1 is 1.14 bits per heavy atom. The molecule has 0 aliphatic heterocycles. The molecule has 0 atom stereocenters. The predicted molar refractivity (Wildman–Crippen MR) is 58.3 cm³/mol. The molecule has 1 aromatic carbocycles. The van der Waals surface area contributed by atoms with Crippen LogP contribution in [0.1, 0.15) is 0 Å². The van der Waals surface area contributed by atoms with E-state index in [1.165, 1.54) is 7.11 Å². The van der Waals surface area contributed by atoms with Crippen molar-refractivity contribution in [2.45, 2.75) is 0 Å². The minimum absolute atomic E-state index is 0.355. The van der Waals surface area contributed by atoms with Gasteiger partial charge in [0.2, 0.25) is 5.88 Å². The average Bonchev–Trinajstić information content (AvgIpc) is 2.23. The van der Waals surface area contributed by atoms with Crippen LogP contribution >= 0.6 is 23.2 Å². The fourth-order valence-corrected chi connectivity index (χ4v) is 1.72. The molecule has 2 rings (SSSR count). The van der Waals surface area contributed by atoms with Crippen molar-refractivity contribution in [2.24, 2.45) is 0 Å². The van der Waals surface area contributed by atoms with Crippen LogP contribution in [0.2, 0.25) is 10.0 Å². The second-order valence-electron chi connectivity index (χ2n) is 2.77. The minimum atomic E-state index is 0.355. The highest BCUT2D eigenvalue weighted by molar-refractivity contribution is 6.45. The summed E-state index contributed by atoms with van der Waals surface area (Å²) in [5.41, 5.74) is 0.777. The van der Waals surface area contributed by atoms with Crippen molar-refractivity contribution >= 4 is 34.1 Å². The van der Waals surface area contributed by atoms with Gasteiger partial charge in [-0.05, 0) is 6.07 Å². The number of hydrogen-bond donors (Lipinski definition) is 0. The van der Waals surface area contributed by atoms with E-state index in [0.717, 1.165) is 10.9 Å². The number of ether oxygens (including phenoxy) is 1. The molecule has 0 radical (unpaired) electrons. The number of fused-ring (bicyclic) bond motifs is 1. The number of aromatic nitrogens is 1. The normalized spacial score (nSPS) is 10.5. The maximum Gasteiger partial charge on any atom is 0.234 e. The third-order valence-electron chi connectivity index (χ3n) is 1.94. The summed E-state index contributed by atoms with van der Waals surface area (Å²) in [6.45, 7) is 0. The van der Waals surface area contributed by atoms with Crippen LogP contribution in [0.25, 0.3) is 10.9 Å². The number of para-hydroxylation sites is 1. The number of methoxy groups -OCH3 is 1. The van der Waals surface area contributed by atoms with Gasteiger partial charge < -0.3 is 4.74 Å². The fourth-order valence-electron chi connectivity index (χ4n) is 1.26. The summed E-state index contributed by atoms with van der Waals surface area (Å²) in [5.74, 6) is 0.357. The van der Waals surface area contributed by atoms with Crippen molar-refractivity contribution in [3.8, 4) is 5.88 Å². The molecule has 0 fully saturated rings. The van der Waals surface area contributed by atoms with E-state index in [1.807, 2.05) is 24.3 Å². The Labute approximate surface area is 91.4 Å². The van der Waals surface area contributed by atoms with E-state index in [0.29, 0.717) is 15.9 Å². The SMILES string of the molecule is COc1nc2ccccc2c(Cl)c1Cl. The third kappa shape index (κ3) is 1.41. The van der Waals surface area contributed by atoms with E-state index in [2.05, 4.69) is 4.98 Å². The lowest BCUT2D eigenvalue weighted by Crippen LogP contribution is -1.90. The van der Waals surface area contributed by atoms with Crippen molar-refractivity contribution in [1.29, 1.82) is 0 Å². The molecule has 0 saturated heterocycles. The second-order valence-corrected chi connectivity index (χ2v) is 3.52. The lowest BCUT2D eigenvalue weighted by Gasteiger charge is -2.06. The first kappa shape index (κ1) is 9.56. The van der Waals surface area contributed by atoms with Gasteiger partial charge >= 0.3 is 0 Å². The summed E-state index contributed by atoms with van der Waals surface area (Å²) < 4.78 is 5.01. The van der Waals surface area contributed by atoms with Gasteiger partial charge in [-0.25, -0.2) is 4.98 Å². The van der Waals surface area contributed by atoms with E-state index >= 15 is 0 Å². The lowest BCUT2D eigenvalue weighted by molar-refractivity contribution is 0.400. The zero-order valence-corrected chi connectivity index (χ0v) is 8.93. The number of hydrogen-bond acceptors (Lipinski definition) is 2. The van der Waals surface area contributed by atoms with Gasteiger partial charge in [-0.15, -0.1) is 0 Å². The molecule has 72 valence electrons. The van der Waals surface area contributed by atoms with Gasteiger partial charge in [0.25, 0.3) is 0 Å². The van der Waals surface area contributed by atoms with Gasteiger partial charge in [0.15, 0.2) is 0 Å². The van der Waals surface area contributed by atoms with Gasteiger partial charge in [-0.1, -0.05) is 41.4 Å². The molecule has 14 heavy (non-hydrogen) atoms. The molecular weight excluding hydrogens is 221 g/mol. The third-order valence-corrected chi connectivity index (χ3v) is 2.78. The highest BCUT2D eigenvalue weighted by Gasteiger charge is 2.11. The van der Waals surface area contributed by atoms with E-state index in [-0.39, 0.29) is 0 Å². The van der Waals surface area contributed by atoms with Crippen molar-refractivity contribution < 1.29 is 4.74 Å². The minimum Gasteiger partial charge on any atom is -0.480 e. The summed E-state index contributed by atoms with van der Waals surface area (Å²) in [4.78, 5) is 4.22. The number of benzene rings is 1. The first-order chi connectivity index (χ1) is 6.74. The predicted octanol–water partition coefficient (Wildman–Crippen LogP) is 3.55. The largest absolute Gasteiger partial charge is 0.480 e. The summed E-state index contributed by atoms with van der Waals surface area (Å²) in [6, 6.07) is 7.51.